The van der Waals surface area contributed by atoms with Crippen LogP contribution in [-0.2, 0) is 5.41 Å². The Morgan fingerprint density at radius 3 is 2.32 bits per heavy atom. The molecular weight excluding hydrogens is 430 g/mol. The van der Waals surface area contributed by atoms with Gasteiger partial charge in [-0.05, 0) is 62.9 Å². The molecule has 0 saturated carbocycles. The topological polar surface area (TPSA) is 29.0 Å². The predicted molar refractivity (Wildman–Crippen MR) is 120 cm³/mol. The van der Waals surface area contributed by atoms with E-state index in [0.717, 1.165) is 21.0 Å². The Balaban J connectivity index is 1.79. The van der Waals surface area contributed by atoms with Crippen molar-refractivity contribution in [2.45, 2.75) is 19.3 Å². The van der Waals surface area contributed by atoms with Gasteiger partial charge < -0.3 is 4.90 Å². The first-order valence-corrected chi connectivity index (χ1v) is 10.7. The average Bonchev–Trinajstić information content (AvgIpc) is 3.15. The van der Waals surface area contributed by atoms with E-state index in [9.17, 15) is 0 Å². The molecule has 5 heteroatoms. The molecule has 0 bridgehead atoms. The molecular formula is C23H18BrN3S. The second-order valence-corrected chi connectivity index (χ2v) is 9.44. The summed E-state index contributed by atoms with van der Waals surface area (Å²) in [5, 5.41) is 0. The quantitative estimate of drug-likeness (QED) is 0.328. The molecule has 2 heterocycles. The first kappa shape index (κ1) is 17.6. The predicted octanol–water partition coefficient (Wildman–Crippen LogP) is 7.08. The van der Waals surface area contributed by atoms with Crippen LogP contribution in [0.1, 0.15) is 25.0 Å². The smallest absolute Gasteiger partial charge is 0.179 e. The zero-order valence-corrected chi connectivity index (χ0v) is 18.0. The number of hydrogen-bond donors (Lipinski definition) is 0. The molecule has 0 N–H and O–H groups in total. The maximum Gasteiger partial charge on any atom is 0.179 e. The molecule has 0 fully saturated rings. The van der Waals surface area contributed by atoms with Gasteiger partial charge in [0.25, 0.3) is 0 Å². The number of anilines is 3. The monoisotopic (exact) mass is 447 g/mol. The van der Waals surface area contributed by atoms with Crippen molar-refractivity contribution in [2.24, 2.45) is 0 Å². The van der Waals surface area contributed by atoms with Crippen LogP contribution in [0, 0.1) is 0 Å². The first-order chi connectivity index (χ1) is 13.6. The SMILES string of the molecule is CC1(C)c2ccccc2N(c2ccccc2)c2cc(-c3nsc(Br)n3)ccc21. The standard InChI is InChI=1S/C23H18BrN3S/c1-23(2)17-10-6-7-11-19(17)27(16-8-4-3-5-9-16)20-14-15(12-13-18(20)23)21-25-22(24)28-26-21/h3-14H,1-2H3. The molecule has 0 atom stereocenters. The molecule has 3 nitrogen and oxygen atoms in total. The van der Waals surface area contributed by atoms with Gasteiger partial charge in [-0.1, -0.05) is 62.4 Å². The summed E-state index contributed by atoms with van der Waals surface area (Å²) in [6, 6.07) is 25.8. The van der Waals surface area contributed by atoms with E-state index in [1.54, 1.807) is 0 Å². The number of benzene rings is 3. The number of rotatable bonds is 2. The van der Waals surface area contributed by atoms with E-state index < -0.39 is 0 Å². The van der Waals surface area contributed by atoms with Crippen molar-refractivity contribution < 1.29 is 0 Å². The minimum Gasteiger partial charge on any atom is -0.310 e. The molecule has 0 saturated heterocycles. The summed E-state index contributed by atoms with van der Waals surface area (Å²) in [5.41, 5.74) is 7.11. The summed E-state index contributed by atoms with van der Waals surface area (Å²) in [5.74, 6) is 0.754. The Hall–Kier alpha value is -2.50. The number of hydrogen-bond acceptors (Lipinski definition) is 4. The first-order valence-electron chi connectivity index (χ1n) is 9.14. The van der Waals surface area contributed by atoms with Gasteiger partial charge in [-0.2, -0.15) is 4.37 Å². The van der Waals surface area contributed by atoms with E-state index in [-0.39, 0.29) is 5.41 Å². The van der Waals surface area contributed by atoms with E-state index in [2.05, 4.69) is 117 Å². The fourth-order valence-electron chi connectivity index (χ4n) is 4.03. The fourth-order valence-corrected chi connectivity index (χ4v) is 4.85. The molecule has 0 unspecified atom stereocenters. The molecule has 0 radical (unpaired) electrons. The highest BCUT2D eigenvalue weighted by Gasteiger charge is 2.36. The Bertz CT molecular complexity index is 1170. The third-order valence-electron chi connectivity index (χ3n) is 5.40. The molecule has 4 aromatic rings. The summed E-state index contributed by atoms with van der Waals surface area (Å²) in [6.07, 6.45) is 0. The summed E-state index contributed by atoms with van der Waals surface area (Å²) in [7, 11) is 0. The Labute approximate surface area is 177 Å². The second-order valence-electron chi connectivity index (χ2n) is 7.42. The maximum absolute atomic E-state index is 4.51. The van der Waals surface area contributed by atoms with Crippen molar-refractivity contribution in [3.63, 3.8) is 0 Å². The van der Waals surface area contributed by atoms with Crippen LogP contribution >= 0.6 is 27.5 Å². The van der Waals surface area contributed by atoms with E-state index in [1.165, 1.54) is 34.0 Å². The molecule has 28 heavy (non-hydrogen) atoms. The van der Waals surface area contributed by atoms with Crippen LogP contribution in [0.2, 0.25) is 0 Å². The van der Waals surface area contributed by atoms with Gasteiger partial charge in [-0.3, -0.25) is 0 Å². The summed E-state index contributed by atoms with van der Waals surface area (Å²) in [4.78, 5) is 6.86. The lowest BCUT2D eigenvalue weighted by molar-refractivity contribution is 0.632. The molecule has 1 aliphatic rings. The number of halogens is 1. The van der Waals surface area contributed by atoms with Gasteiger partial charge in [-0.15, -0.1) is 0 Å². The van der Waals surface area contributed by atoms with Gasteiger partial charge in [0.2, 0.25) is 0 Å². The van der Waals surface area contributed by atoms with E-state index >= 15 is 0 Å². The zero-order chi connectivity index (χ0) is 19.3. The maximum atomic E-state index is 4.51. The highest BCUT2D eigenvalue weighted by molar-refractivity contribution is 9.11. The van der Waals surface area contributed by atoms with E-state index in [1.807, 2.05) is 0 Å². The Morgan fingerprint density at radius 1 is 0.857 bits per heavy atom. The molecule has 1 aromatic heterocycles. The Kier molecular flexibility index (Phi) is 4.11. The number of para-hydroxylation sites is 2. The van der Waals surface area contributed by atoms with Gasteiger partial charge in [0.05, 0.1) is 11.4 Å². The molecule has 1 aliphatic heterocycles. The third kappa shape index (κ3) is 2.69. The molecule has 0 aliphatic carbocycles. The Morgan fingerprint density at radius 2 is 1.57 bits per heavy atom. The minimum atomic E-state index is -0.0914. The highest BCUT2D eigenvalue weighted by Crippen LogP contribution is 2.52. The van der Waals surface area contributed by atoms with Crippen LogP contribution in [0.5, 0.6) is 0 Å². The lowest BCUT2D eigenvalue weighted by Gasteiger charge is -2.42. The van der Waals surface area contributed by atoms with Gasteiger partial charge in [-0.25, -0.2) is 4.98 Å². The van der Waals surface area contributed by atoms with E-state index in [4.69, 9.17) is 0 Å². The average molecular weight is 448 g/mol. The van der Waals surface area contributed by atoms with Crippen molar-refractivity contribution >= 4 is 44.5 Å². The van der Waals surface area contributed by atoms with Crippen LogP contribution in [0.25, 0.3) is 11.4 Å². The number of nitrogens with zero attached hydrogens (tertiary/aromatic N) is 3. The van der Waals surface area contributed by atoms with Crippen molar-refractivity contribution in [1.82, 2.24) is 9.36 Å². The van der Waals surface area contributed by atoms with Crippen molar-refractivity contribution in [3.05, 3.63) is 87.8 Å². The minimum absolute atomic E-state index is 0.0914. The molecule has 3 aromatic carbocycles. The van der Waals surface area contributed by atoms with Gasteiger partial charge >= 0.3 is 0 Å². The van der Waals surface area contributed by atoms with Crippen molar-refractivity contribution in [1.29, 1.82) is 0 Å². The lowest BCUT2D eigenvalue weighted by Crippen LogP contribution is -2.30. The van der Waals surface area contributed by atoms with Crippen molar-refractivity contribution in [2.75, 3.05) is 4.90 Å². The van der Waals surface area contributed by atoms with E-state index in [0.29, 0.717) is 0 Å². The molecule has 138 valence electrons. The lowest BCUT2D eigenvalue weighted by atomic mass is 9.73. The van der Waals surface area contributed by atoms with Gasteiger partial charge in [0.15, 0.2) is 9.74 Å². The van der Waals surface area contributed by atoms with Gasteiger partial charge in [0, 0.05) is 16.7 Å². The molecule has 0 amide bonds. The van der Waals surface area contributed by atoms with Crippen LogP contribution in [0.15, 0.2) is 76.7 Å². The fraction of sp³-hybridized carbons (Fsp3) is 0.130. The van der Waals surface area contributed by atoms with Gasteiger partial charge in [0.1, 0.15) is 0 Å². The third-order valence-corrected chi connectivity index (χ3v) is 6.52. The summed E-state index contributed by atoms with van der Waals surface area (Å²) in [6.45, 7) is 4.59. The van der Waals surface area contributed by atoms with Crippen LogP contribution in [0.4, 0.5) is 17.1 Å². The largest absolute Gasteiger partial charge is 0.310 e. The second kappa shape index (κ2) is 6.54. The normalized spacial score (nSPS) is 14.5. The highest BCUT2D eigenvalue weighted by atomic mass is 79.9. The zero-order valence-electron chi connectivity index (χ0n) is 15.6. The number of aromatic nitrogens is 2. The summed E-state index contributed by atoms with van der Waals surface area (Å²) >= 11 is 4.79. The molecule has 0 spiro atoms. The van der Waals surface area contributed by atoms with Crippen LogP contribution in [0.3, 0.4) is 0 Å². The van der Waals surface area contributed by atoms with Crippen LogP contribution < -0.4 is 4.90 Å². The van der Waals surface area contributed by atoms with Crippen LogP contribution in [-0.4, -0.2) is 9.36 Å². The van der Waals surface area contributed by atoms with Crippen molar-refractivity contribution in [3.8, 4) is 11.4 Å². The summed E-state index contributed by atoms with van der Waals surface area (Å²) < 4.78 is 5.28. The molecule has 5 rings (SSSR count). The number of fused-ring (bicyclic) bond motifs is 2.